The molecule has 26 heavy (non-hydrogen) atoms. The molecule has 0 bridgehead atoms. The van der Waals surface area contributed by atoms with Crippen molar-refractivity contribution in [2.24, 2.45) is 11.0 Å². The molecule has 0 radical (unpaired) electrons. The average molecular weight is 393 g/mol. The lowest BCUT2D eigenvalue weighted by Gasteiger charge is -2.12. The SMILES string of the molecule is COc1cc(/C=N/NC(=O)C2CC2)ccc1OCc1ccc(Cl)cc1Cl. The van der Waals surface area contributed by atoms with Gasteiger partial charge in [-0.1, -0.05) is 29.3 Å². The van der Waals surface area contributed by atoms with Crippen molar-refractivity contribution in [1.82, 2.24) is 5.43 Å². The summed E-state index contributed by atoms with van der Waals surface area (Å²) >= 11 is 12.1. The van der Waals surface area contributed by atoms with Gasteiger partial charge in [0.1, 0.15) is 6.61 Å². The Labute approximate surface area is 161 Å². The van der Waals surface area contributed by atoms with Crippen LogP contribution in [-0.4, -0.2) is 19.2 Å². The van der Waals surface area contributed by atoms with E-state index in [1.165, 1.54) is 0 Å². The van der Waals surface area contributed by atoms with Crippen molar-refractivity contribution in [3.63, 3.8) is 0 Å². The molecule has 1 N–H and O–H groups in total. The Morgan fingerprint density at radius 3 is 2.73 bits per heavy atom. The molecule has 0 saturated heterocycles. The lowest BCUT2D eigenvalue weighted by Crippen LogP contribution is -2.18. The number of hydrogen-bond donors (Lipinski definition) is 1. The summed E-state index contributed by atoms with van der Waals surface area (Å²) in [5.74, 6) is 1.23. The molecule has 136 valence electrons. The molecule has 1 aliphatic rings. The summed E-state index contributed by atoms with van der Waals surface area (Å²) in [6.07, 6.45) is 3.46. The predicted octanol–water partition coefficient (Wildman–Crippen LogP) is 4.44. The smallest absolute Gasteiger partial charge is 0.243 e. The van der Waals surface area contributed by atoms with Gasteiger partial charge in [0.05, 0.1) is 13.3 Å². The number of methoxy groups -OCH3 is 1. The Balaban J connectivity index is 1.64. The van der Waals surface area contributed by atoms with Crippen LogP contribution in [0.25, 0.3) is 0 Å². The Hall–Kier alpha value is -2.24. The number of benzene rings is 2. The monoisotopic (exact) mass is 392 g/mol. The van der Waals surface area contributed by atoms with Crippen molar-refractivity contribution in [2.75, 3.05) is 7.11 Å². The number of amides is 1. The van der Waals surface area contributed by atoms with E-state index in [9.17, 15) is 4.79 Å². The number of hydrazone groups is 1. The second-order valence-corrected chi connectivity index (χ2v) is 6.79. The van der Waals surface area contributed by atoms with E-state index in [1.54, 1.807) is 37.6 Å². The van der Waals surface area contributed by atoms with Crippen molar-refractivity contribution in [2.45, 2.75) is 19.4 Å². The number of ether oxygens (including phenoxy) is 2. The van der Waals surface area contributed by atoms with Crippen molar-refractivity contribution < 1.29 is 14.3 Å². The quantitative estimate of drug-likeness (QED) is 0.559. The second-order valence-electron chi connectivity index (χ2n) is 5.94. The molecular formula is C19H18Cl2N2O3. The largest absolute Gasteiger partial charge is 0.493 e. The number of carbonyl (C=O) groups is 1. The molecule has 0 heterocycles. The molecular weight excluding hydrogens is 375 g/mol. The van der Waals surface area contributed by atoms with Gasteiger partial charge in [-0.15, -0.1) is 0 Å². The van der Waals surface area contributed by atoms with E-state index in [0.717, 1.165) is 24.0 Å². The molecule has 2 aromatic carbocycles. The maximum atomic E-state index is 11.6. The summed E-state index contributed by atoms with van der Waals surface area (Å²) in [6.45, 7) is 0.289. The zero-order valence-electron chi connectivity index (χ0n) is 14.2. The van der Waals surface area contributed by atoms with Crippen molar-refractivity contribution in [3.8, 4) is 11.5 Å². The van der Waals surface area contributed by atoms with E-state index in [1.807, 2.05) is 12.1 Å². The highest BCUT2D eigenvalue weighted by Gasteiger charge is 2.29. The van der Waals surface area contributed by atoms with Crippen LogP contribution in [0, 0.1) is 5.92 Å². The third-order valence-electron chi connectivity index (χ3n) is 3.92. The van der Waals surface area contributed by atoms with Crippen LogP contribution in [0.4, 0.5) is 0 Å². The highest BCUT2D eigenvalue weighted by atomic mass is 35.5. The minimum atomic E-state index is -0.0342. The molecule has 1 fully saturated rings. The first-order valence-corrected chi connectivity index (χ1v) is 8.90. The molecule has 1 saturated carbocycles. The molecule has 3 rings (SSSR count). The second kappa shape index (κ2) is 8.43. The van der Waals surface area contributed by atoms with Gasteiger partial charge in [-0.2, -0.15) is 5.10 Å². The van der Waals surface area contributed by atoms with Gasteiger partial charge in [-0.3, -0.25) is 4.79 Å². The molecule has 2 aromatic rings. The molecule has 0 aliphatic heterocycles. The lowest BCUT2D eigenvalue weighted by atomic mass is 10.2. The maximum absolute atomic E-state index is 11.6. The number of halogens is 2. The van der Waals surface area contributed by atoms with Crippen LogP contribution in [0.1, 0.15) is 24.0 Å². The van der Waals surface area contributed by atoms with Crippen LogP contribution in [0.5, 0.6) is 11.5 Å². The fourth-order valence-corrected chi connectivity index (χ4v) is 2.75. The summed E-state index contributed by atoms with van der Waals surface area (Å²) in [5, 5.41) is 5.10. The molecule has 1 amide bonds. The van der Waals surface area contributed by atoms with Gasteiger partial charge in [0.2, 0.25) is 5.91 Å². The van der Waals surface area contributed by atoms with E-state index < -0.39 is 0 Å². The van der Waals surface area contributed by atoms with Crippen molar-refractivity contribution in [3.05, 3.63) is 57.6 Å². The highest BCUT2D eigenvalue weighted by molar-refractivity contribution is 6.35. The van der Waals surface area contributed by atoms with Crippen LogP contribution in [0.3, 0.4) is 0 Å². The van der Waals surface area contributed by atoms with Gasteiger partial charge >= 0.3 is 0 Å². The number of nitrogens with zero attached hydrogens (tertiary/aromatic N) is 1. The summed E-state index contributed by atoms with van der Waals surface area (Å²) < 4.78 is 11.2. The summed E-state index contributed by atoms with van der Waals surface area (Å²) in [6, 6.07) is 10.7. The van der Waals surface area contributed by atoms with Crippen molar-refractivity contribution in [1.29, 1.82) is 0 Å². The normalized spacial score (nSPS) is 13.7. The Kier molecular flexibility index (Phi) is 6.01. The predicted molar refractivity (Wildman–Crippen MR) is 102 cm³/mol. The average Bonchev–Trinajstić information content (AvgIpc) is 3.46. The van der Waals surface area contributed by atoms with E-state index >= 15 is 0 Å². The number of rotatable bonds is 7. The topological polar surface area (TPSA) is 59.9 Å². The van der Waals surface area contributed by atoms with Gasteiger partial charge < -0.3 is 9.47 Å². The minimum Gasteiger partial charge on any atom is -0.493 e. The Morgan fingerprint density at radius 2 is 2.04 bits per heavy atom. The first kappa shape index (κ1) is 18.5. The van der Waals surface area contributed by atoms with E-state index in [4.69, 9.17) is 32.7 Å². The molecule has 0 unspecified atom stereocenters. The van der Waals surface area contributed by atoms with E-state index in [2.05, 4.69) is 10.5 Å². The van der Waals surface area contributed by atoms with Crippen LogP contribution in [0.2, 0.25) is 10.0 Å². The molecule has 0 spiro atoms. The van der Waals surface area contributed by atoms with Gasteiger partial charge in [0, 0.05) is 21.5 Å². The van der Waals surface area contributed by atoms with Gasteiger partial charge in [0.25, 0.3) is 0 Å². The highest BCUT2D eigenvalue weighted by Crippen LogP contribution is 2.30. The fraction of sp³-hybridized carbons (Fsp3) is 0.263. The Bertz CT molecular complexity index is 836. The first-order valence-electron chi connectivity index (χ1n) is 8.14. The van der Waals surface area contributed by atoms with Gasteiger partial charge in [-0.05, 0) is 48.7 Å². The number of nitrogens with one attached hydrogen (secondary N) is 1. The first-order chi connectivity index (χ1) is 12.6. The summed E-state index contributed by atoms with van der Waals surface area (Å²) in [7, 11) is 1.56. The molecule has 7 heteroatoms. The zero-order valence-corrected chi connectivity index (χ0v) is 15.7. The molecule has 5 nitrogen and oxygen atoms in total. The van der Waals surface area contributed by atoms with Crippen LogP contribution < -0.4 is 14.9 Å². The van der Waals surface area contributed by atoms with Crippen LogP contribution >= 0.6 is 23.2 Å². The molecule has 1 aliphatic carbocycles. The van der Waals surface area contributed by atoms with Gasteiger partial charge in [-0.25, -0.2) is 5.43 Å². The van der Waals surface area contributed by atoms with E-state index in [-0.39, 0.29) is 18.4 Å². The molecule has 0 atom stereocenters. The lowest BCUT2D eigenvalue weighted by molar-refractivity contribution is -0.122. The molecule has 0 aromatic heterocycles. The number of hydrogen-bond acceptors (Lipinski definition) is 4. The summed E-state index contributed by atoms with van der Waals surface area (Å²) in [4.78, 5) is 11.6. The zero-order chi connectivity index (χ0) is 18.5. The summed E-state index contributed by atoms with van der Waals surface area (Å²) in [5.41, 5.74) is 4.15. The van der Waals surface area contributed by atoms with Gasteiger partial charge in [0.15, 0.2) is 11.5 Å². The van der Waals surface area contributed by atoms with Crippen LogP contribution in [0.15, 0.2) is 41.5 Å². The maximum Gasteiger partial charge on any atom is 0.243 e. The van der Waals surface area contributed by atoms with Crippen LogP contribution in [-0.2, 0) is 11.4 Å². The third kappa shape index (κ3) is 4.90. The Morgan fingerprint density at radius 1 is 1.23 bits per heavy atom. The number of carbonyl (C=O) groups excluding carboxylic acids is 1. The fourth-order valence-electron chi connectivity index (χ4n) is 2.29. The third-order valence-corrected chi connectivity index (χ3v) is 4.51. The standard InChI is InChI=1S/C19H18Cl2N2O3/c1-25-18-8-12(10-22-23-19(24)13-3-4-13)2-7-17(18)26-11-14-5-6-15(20)9-16(14)21/h2,5-10,13H,3-4,11H2,1H3,(H,23,24)/b22-10+. The van der Waals surface area contributed by atoms with E-state index in [0.29, 0.717) is 21.5 Å². The van der Waals surface area contributed by atoms with Crippen molar-refractivity contribution >= 4 is 35.3 Å². The minimum absolute atomic E-state index is 0.0342.